The standard InChI is InChI=1S/C17H16N2O3/c1-2-22-17(21)15-8-13-11-19(16(20)14(13)9-18-15)10-12-6-4-3-5-7-12/h3-9H,2,10-11H2,1H3. The van der Waals surface area contributed by atoms with Crippen molar-refractivity contribution in [2.75, 3.05) is 6.61 Å². The molecular formula is C17H16N2O3. The van der Waals surface area contributed by atoms with Crippen molar-refractivity contribution in [3.63, 3.8) is 0 Å². The van der Waals surface area contributed by atoms with Gasteiger partial charge in [-0.1, -0.05) is 30.3 Å². The highest BCUT2D eigenvalue weighted by Crippen LogP contribution is 2.24. The number of carbonyl (C=O) groups is 2. The minimum absolute atomic E-state index is 0.0539. The summed E-state index contributed by atoms with van der Waals surface area (Å²) in [5.41, 5.74) is 2.69. The number of esters is 1. The first kappa shape index (κ1) is 14.3. The maximum absolute atomic E-state index is 12.4. The van der Waals surface area contributed by atoms with Crippen LogP contribution in [0.25, 0.3) is 0 Å². The third kappa shape index (κ3) is 2.70. The van der Waals surface area contributed by atoms with Crippen molar-refractivity contribution in [3.05, 3.63) is 65.0 Å². The van der Waals surface area contributed by atoms with Gasteiger partial charge in [-0.15, -0.1) is 0 Å². The fraction of sp³-hybridized carbons (Fsp3) is 0.235. The summed E-state index contributed by atoms with van der Waals surface area (Å²) in [5, 5.41) is 0. The van der Waals surface area contributed by atoms with E-state index in [0.29, 0.717) is 25.3 Å². The molecule has 1 aliphatic rings. The summed E-state index contributed by atoms with van der Waals surface area (Å²) < 4.78 is 4.94. The van der Waals surface area contributed by atoms with E-state index in [-0.39, 0.29) is 11.6 Å². The van der Waals surface area contributed by atoms with E-state index in [1.807, 2.05) is 30.3 Å². The summed E-state index contributed by atoms with van der Waals surface area (Å²) in [6, 6.07) is 11.5. The lowest BCUT2D eigenvalue weighted by Crippen LogP contribution is -2.23. The summed E-state index contributed by atoms with van der Waals surface area (Å²) in [6.07, 6.45) is 1.47. The molecule has 0 bridgehead atoms. The number of amides is 1. The van der Waals surface area contributed by atoms with Crippen molar-refractivity contribution in [3.8, 4) is 0 Å². The summed E-state index contributed by atoms with van der Waals surface area (Å²) in [4.78, 5) is 29.9. The second-order valence-electron chi connectivity index (χ2n) is 5.09. The van der Waals surface area contributed by atoms with Crippen LogP contribution >= 0.6 is 0 Å². The molecule has 22 heavy (non-hydrogen) atoms. The van der Waals surface area contributed by atoms with E-state index in [4.69, 9.17) is 4.74 Å². The topological polar surface area (TPSA) is 59.5 Å². The van der Waals surface area contributed by atoms with E-state index in [0.717, 1.165) is 11.1 Å². The number of aromatic nitrogens is 1. The number of nitrogens with zero attached hydrogens (tertiary/aromatic N) is 2. The Bertz CT molecular complexity index is 713. The molecule has 5 nitrogen and oxygen atoms in total. The molecule has 0 fully saturated rings. The molecule has 1 aromatic carbocycles. The zero-order valence-corrected chi connectivity index (χ0v) is 12.3. The normalized spacial score (nSPS) is 13.1. The Labute approximate surface area is 128 Å². The second-order valence-corrected chi connectivity index (χ2v) is 5.09. The third-order valence-electron chi connectivity index (χ3n) is 3.57. The van der Waals surface area contributed by atoms with Crippen molar-refractivity contribution >= 4 is 11.9 Å². The fourth-order valence-electron chi connectivity index (χ4n) is 2.52. The van der Waals surface area contributed by atoms with Crippen LogP contribution in [0, 0.1) is 0 Å². The molecule has 0 aliphatic carbocycles. The van der Waals surface area contributed by atoms with Crippen LogP contribution in [0.4, 0.5) is 0 Å². The molecule has 0 spiro atoms. The molecule has 1 aromatic heterocycles. The molecule has 5 heteroatoms. The van der Waals surface area contributed by atoms with Gasteiger partial charge in [0.15, 0.2) is 0 Å². The smallest absolute Gasteiger partial charge is 0.356 e. The molecule has 0 saturated heterocycles. The van der Waals surface area contributed by atoms with E-state index in [1.54, 1.807) is 17.9 Å². The summed E-state index contributed by atoms with van der Waals surface area (Å²) in [6.45, 7) is 3.08. The van der Waals surface area contributed by atoms with Gasteiger partial charge in [-0.05, 0) is 24.1 Å². The Morgan fingerprint density at radius 1 is 1.32 bits per heavy atom. The average Bonchev–Trinajstić information content (AvgIpc) is 2.84. The van der Waals surface area contributed by atoms with E-state index < -0.39 is 5.97 Å². The van der Waals surface area contributed by atoms with Gasteiger partial charge in [0.05, 0.1) is 12.2 Å². The number of ether oxygens (including phenoxy) is 1. The van der Waals surface area contributed by atoms with Crippen molar-refractivity contribution in [1.29, 1.82) is 0 Å². The molecule has 2 aromatic rings. The second kappa shape index (κ2) is 5.97. The van der Waals surface area contributed by atoms with Crippen LogP contribution in [0.3, 0.4) is 0 Å². The van der Waals surface area contributed by atoms with Crippen LogP contribution in [0.15, 0.2) is 42.6 Å². The first-order valence-corrected chi connectivity index (χ1v) is 7.18. The van der Waals surface area contributed by atoms with Crippen molar-refractivity contribution in [2.24, 2.45) is 0 Å². The number of rotatable bonds is 4. The predicted molar refractivity (Wildman–Crippen MR) is 80.2 cm³/mol. The highest BCUT2D eigenvalue weighted by molar-refractivity contribution is 5.99. The number of fused-ring (bicyclic) bond motifs is 1. The number of pyridine rings is 1. The van der Waals surface area contributed by atoms with Gasteiger partial charge in [0.25, 0.3) is 5.91 Å². The Morgan fingerprint density at radius 3 is 2.82 bits per heavy atom. The van der Waals surface area contributed by atoms with Crippen molar-refractivity contribution < 1.29 is 14.3 Å². The zero-order chi connectivity index (χ0) is 15.5. The molecule has 0 radical (unpaired) electrons. The van der Waals surface area contributed by atoms with Crippen LogP contribution in [0.5, 0.6) is 0 Å². The highest BCUT2D eigenvalue weighted by Gasteiger charge is 2.28. The first-order valence-electron chi connectivity index (χ1n) is 7.18. The van der Waals surface area contributed by atoms with Gasteiger partial charge >= 0.3 is 5.97 Å². The Hall–Kier alpha value is -2.69. The number of carbonyl (C=O) groups excluding carboxylic acids is 2. The molecule has 0 N–H and O–H groups in total. The number of hydrogen-bond donors (Lipinski definition) is 0. The molecule has 0 saturated carbocycles. The Balaban J connectivity index is 1.80. The van der Waals surface area contributed by atoms with Crippen molar-refractivity contribution in [2.45, 2.75) is 20.0 Å². The number of benzene rings is 1. The maximum atomic E-state index is 12.4. The van der Waals surface area contributed by atoms with Gasteiger partial charge < -0.3 is 9.64 Å². The van der Waals surface area contributed by atoms with Gasteiger partial charge in [0.2, 0.25) is 0 Å². The molecule has 3 rings (SSSR count). The summed E-state index contributed by atoms with van der Waals surface area (Å²) in [7, 11) is 0. The van der Waals surface area contributed by atoms with E-state index in [2.05, 4.69) is 4.98 Å². The van der Waals surface area contributed by atoms with E-state index in [1.165, 1.54) is 6.20 Å². The maximum Gasteiger partial charge on any atom is 0.356 e. The lowest BCUT2D eigenvalue weighted by atomic mass is 10.1. The van der Waals surface area contributed by atoms with Crippen LogP contribution in [-0.4, -0.2) is 28.4 Å². The van der Waals surface area contributed by atoms with Gasteiger partial charge in [0, 0.05) is 19.3 Å². The minimum atomic E-state index is -0.459. The lowest BCUT2D eigenvalue weighted by molar-refractivity contribution is 0.0519. The third-order valence-corrected chi connectivity index (χ3v) is 3.57. The van der Waals surface area contributed by atoms with Crippen LogP contribution in [0.1, 0.15) is 38.9 Å². The summed E-state index contributed by atoms with van der Waals surface area (Å²) >= 11 is 0. The molecule has 1 aliphatic heterocycles. The highest BCUT2D eigenvalue weighted by atomic mass is 16.5. The Kier molecular flexibility index (Phi) is 3.87. The van der Waals surface area contributed by atoms with E-state index >= 15 is 0 Å². The minimum Gasteiger partial charge on any atom is -0.461 e. The zero-order valence-electron chi connectivity index (χ0n) is 12.3. The quantitative estimate of drug-likeness (QED) is 0.813. The van der Waals surface area contributed by atoms with Gasteiger partial charge in [-0.25, -0.2) is 9.78 Å². The van der Waals surface area contributed by atoms with Crippen LogP contribution in [-0.2, 0) is 17.8 Å². The van der Waals surface area contributed by atoms with E-state index in [9.17, 15) is 9.59 Å². The molecular weight excluding hydrogens is 280 g/mol. The number of hydrogen-bond acceptors (Lipinski definition) is 4. The van der Waals surface area contributed by atoms with Crippen LogP contribution in [0.2, 0.25) is 0 Å². The fourth-order valence-corrected chi connectivity index (χ4v) is 2.52. The lowest BCUT2D eigenvalue weighted by Gasteiger charge is -2.15. The Morgan fingerprint density at radius 2 is 2.09 bits per heavy atom. The van der Waals surface area contributed by atoms with Gasteiger partial charge in [0.1, 0.15) is 5.69 Å². The molecule has 2 heterocycles. The van der Waals surface area contributed by atoms with Crippen molar-refractivity contribution in [1.82, 2.24) is 9.88 Å². The van der Waals surface area contributed by atoms with Gasteiger partial charge in [-0.2, -0.15) is 0 Å². The largest absolute Gasteiger partial charge is 0.461 e. The first-order chi connectivity index (χ1) is 10.7. The molecule has 1 amide bonds. The summed E-state index contributed by atoms with van der Waals surface area (Å²) in [5.74, 6) is -0.513. The van der Waals surface area contributed by atoms with Gasteiger partial charge in [-0.3, -0.25) is 4.79 Å². The average molecular weight is 296 g/mol. The monoisotopic (exact) mass is 296 g/mol. The molecule has 0 atom stereocenters. The molecule has 112 valence electrons. The molecule has 0 unspecified atom stereocenters. The van der Waals surface area contributed by atoms with Crippen LogP contribution < -0.4 is 0 Å². The predicted octanol–water partition coefficient (Wildman–Crippen LogP) is 2.41. The SMILES string of the molecule is CCOC(=O)c1cc2c(cn1)C(=O)N(Cc1ccccc1)C2.